The van der Waals surface area contributed by atoms with Crippen molar-refractivity contribution in [3.63, 3.8) is 0 Å². The topological polar surface area (TPSA) is 93.8 Å². The number of anilines is 1. The van der Waals surface area contributed by atoms with Crippen LogP contribution >= 0.6 is 11.6 Å². The molecule has 1 atom stereocenters. The second kappa shape index (κ2) is 8.07. The molecule has 2 aromatic carbocycles. The Kier molecular flexibility index (Phi) is 5.86. The average molecular weight is 348 g/mol. The van der Waals surface area contributed by atoms with E-state index in [-0.39, 0.29) is 5.69 Å². The summed E-state index contributed by atoms with van der Waals surface area (Å²) in [5.41, 5.74) is 0.911. The fourth-order valence-electron chi connectivity index (χ4n) is 1.75. The highest BCUT2D eigenvalue weighted by atomic mass is 35.5. The maximum Gasteiger partial charge on any atom is 0.270 e. The Balaban J connectivity index is 1.93. The molecule has 0 aromatic heterocycles. The molecule has 2 rings (SSSR count). The molecule has 1 N–H and O–H groups in total. The van der Waals surface area contributed by atoms with Crippen molar-refractivity contribution in [3.8, 4) is 0 Å². The van der Waals surface area contributed by atoms with Gasteiger partial charge < -0.3 is 10.2 Å². The molecule has 24 heavy (non-hydrogen) atoms. The highest BCUT2D eigenvalue weighted by Gasteiger charge is 2.15. The number of para-hydroxylation sites is 1. The predicted octanol–water partition coefficient (Wildman–Crippen LogP) is 3.63. The number of benzene rings is 2. The van der Waals surface area contributed by atoms with Gasteiger partial charge in [0.15, 0.2) is 0 Å². The monoisotopic (exact) mass is 347 g/mol. The predicted molar refractivity (Wildman–Crippen MR) is 91.3 cm³/mol. The number of halogens is 1. The number of nitrogens with zero attached hydrogens (tertiary/aromatic N) is 2. The van der Waals surface area contributed by atoms with Crippen LogP contribution in [0.2, 0.25) is 5.02 Å². The number of hydrogen-bond donors (Lipinski definition) is 1. The van der Waals surface area contributed by atoms with Crippen LogP contribution < -0.4 is 5.32 Å². The number of hydrogen-bond acceptors (Lipinski definition) is 5. The van der Waals surface area contributed by atoms with Gasteiger partial charge in [0.1, 0.15) is 0 Å². The van der Waals surface area contributed by atoms with E-state index in [4.69, 9.17) is 16.4 Å². The molecule has 0 fully saturated rings. The van der Waals surface area contributed by atoms with Gasteiger partial charge in [0.2, 0.25) is 6.10 Å². The summed E-state index contributed by atoms with van der Waals surface area (Å²) >= 11 is 5.96. The molecule has 0 bridgehead atoms. The maximum atomic E-state index is 12.0. The lowest BCUT2D eigenvalue weighted by molar-refractivity contribution is -0.384. The van der Waals surface area contributed by atoms with Gasteiger partial charge in [0.05, 0.1) is 21.8 Å². The van der Waals surface area contributed by atoms with E-state index in [1.54, 1.807) is 30.3 Å². The quantitative estimate of drug-likeness (QED) is 0.490. The molecule has 2 aromatic rings. The van der Waals surface area contributed by atoms with Gasteiger partial charge in [-0.3, -0.25) is 14.9 Å². The fourth-order valence-corrected chi connectivity index (χ4v) is 1.93. The second-order valence-electron chi connectivity index (χ2n) is 4.80. The van der Waals surface area contributed by atoms with Crippen LogP contribution in [-0.4, -0.2) is 23.1 Å². The van der Waals surface area contributed by atoms with Gasteiger partial charge in [-0.25, -0.2) is 0 Å². The van der Waals surface area contributed by atoms with E-state index in [2.05, 4.69) is 10.5 Å². The number of nitro groups is 1. The van der Waals surface area contributed by atoms with Crippen molar-refractivity contribution in [2.24, 2.45) is 5.16 Å². The van der Waals surface area contributed by atoms with Crippen LogP contribution in [0.3, 0.4) is 0 Å². The molecule has 1 amide bonds. The Bertz CT molecular complexity index is 779. The van der Waals surface area contributed by atoms with Crippen LogP contribution in [0, 0.1) is 10.1 Å². The third kappa shape index (κ3) is 4.79. The van der Waals surface area contributed by atoms with Gasteiger partial charge in [0.25, 0.3) is 11.6 Å². The lowest BCUT2D eigenvalue weighted by Gasteiger charge is -2.11. The highest BCUT2D eigenvalue weighted by Crippen LogP contribution is 2.20. The van der Waals surface area contributed by atoms with E-state index in [1.165, 1.54) is 31.3 Å². The maximum absolute atomic E-state index is 12.0. The summed E-state index contributed by atoms with van der Waals surface area (Å²) in [7, 11) is 0. The van der Waals surface area contributed by atoms with E-state index in [1.807, 2.05) is 0 Å². The van der Waals surface area contributed by atoms with Crippen molar-refractivity contribution >= 4 is 35.1 Å². The van der Waals surface area contributed by atoms with Crippen molar-refractivity contribution in [2.45, 2.75) is 13.0 Å². The summed E-state index contributed by atoms with van der Waals surface area (Å²) in [6.45, 7) is 1.52. The molecule has 0 saturated carbocycles. The zero-order chi connectivity index (χ0) is 17.5. The van der Waals surface area contributed by atoms with Crippen LogP contribution in [0.15, 0.2) is 53.7 Å². The summed E-state index contributed by atoms with van der Waals surface area (Å²) in [5, 5.41) is 17.4. The zero-order valence-electron chi connectivity index (χ0n) is 12.7. The molecule has 7 nitrogen and oxygen atoms in total. The second-order valence-corrected chi connectivity index (χ2v) is 5.21. The van der Waals surface area contributed by atoms with E-state index >= 15 is 0 Å². The number of oxime groups is 1. The average Bonchev–Trinajstić information content (AvgIpc) is 2.57. The fraction of sp³-hybridized carbons (Fsp3) is 0.125. The molecule has 124 valence electrons. The van der Waals surface area contributed by atoms with E-state index in [0.717, 1.165) is 0 Å². The molecular formula is C16H14ClN3O4. The molecule has 0 aliphatic carbocycles. The van der Waals surface area contributed by atoms with Gasteiger partial charge in [0, 0.05) is 17.7 Å². The molecule has 8 heteroatoms. The van der Waals surface area contributed by atoms with E-state index in [0.29, 0.717) is 16.3 Å². The first-order valence-corrected chi connectivity index (χ1v) is 7.34. The van der Waals surface area contributed by atoms with Crippen LogP contribution in [-0.2, 0) is 9.63 Å². The van der Waals surface area contributed by atoms with Gasteiger partial charge in [-0.05, 0) is 19.1 Å². The first-order chi connectivity index (χ1) is 11.5. The SMILES string of the molecule is C[C@H](O/N=C\c1cccc([N+](=O)[O-])c1)C(=O)Nc1ccccc1Cl. The number of nitro benzene ring substituents is 1. The summed E-state index contributed by atoms with van der Waals surface area (Å²) in [6.07, 6.45) is 0.433. The number of carbonyl (C=O) groups is 1. The van der Waals surface area contributed by atoms with Crippen LogP contribution in [0.5, 0.6) is 0 Å². The first-order valence-electron chi connectivity index (χ1n) is 6.96. The Hall–Kier alpha value is -2.93. The molecule has 0 unspecified atom stereocenters. The van der Waals surface area contributed by atoms with Gasteiger partial charge in [-0.15, -0.1) is 0 Å². The van der Waals surface area contributed by atoms with Gasteiger partial charge in [-0.2, -0.15) is 0 Å². The summed E-state index contributed by atoms with van der Waals surface area (Å²) in [4.78, 5) is 27.2. The standard InChI is InChI=1S/C16H14ClN3O4/c1-11(16(21)19-15-8-3-2-7-14(15)17)24-18-10-12-5-4-6-13(9-12)20(22)23/h2-11H,1H3,(H,19,21)/b18-10-/t11-/m0/s1. The Morgan fingerprint density at radius 1 is 1.33 bits per heavy atom. The minimum atomic E-state index is -0.865. The molecular weight excluding hydrogens is 334 g/mol. The molecule has 0 radical (unpaired) electrons. The smallest absolute Gasteiger partial charge is 0.270 e. The van der Waals surface area contributed by atoms with Gasteiger partial charge in [-0.1, -0.05) is 41.0 Å². The van der Waals surface area contributed by atoms with Crippen molar-refractivity contribution in [3.05, 3.63) is 69.2 Å². The minimum Gasteiger partial charge on any atom is -0.383 e. The molecule has 0 aliphatic rings. The third-order valence-electron chi connectivity index (χ3n) is 3.00. The van der Waals surface area contributed by atoms with Gasteiger partial charge >= 0.3 is 0 Å². The molecule has 0 saturated heterocycles. The van der Waals surface area contributed by atoms with Crippen molar-refractivity contribution in [2.75, 3.05) is 5.32 Å². The van der Waals surface area contributed by atoms with E-state index < -0.39 is 16.9 Å². The van der Waals surface area contributed by atoms with Crippen molar-refractivity contribution < 1.29 is 14.6 Å². The third-order valence-corrected chi connectivity index (χ3v) is 3.33. The first kappa shape index (κ1) is 17.4. The van der Waals surface area contributed by atoms with Crippen LogP contribution in [0.1, 0.15) is 12.5 Å². The van der Waals surface area contributed by atoms with Crippen LogP contribution in [0.4, 0.5) is 11.4 Å². The summed E-state index contributed by atoms with van der Waals surface area (Å²) < 4.78 is 0. The lowest BCUT2D eigenvalue weighted by atomic mass is 10.2. The Morgan fingerprint density at radius 3 is 2.79 bits per heavy atom. The molecule has 0 spiro atoms. The van der Waals surface area contributed by atoms with Crippen molar-refractivity contribution in [1.29, 1.82) is 0 Å². The summed E-state index contributed by atoms with van der Waals surface area (Å²) in [6, 6.07) is 12.7. The number of carbonyl (C=O) groups excluding carboxylic acids is 1. The number of non-ortho nitro benzene ring substituents is 1. The molecule has 0 aliphatic heterocycles. The van der Waals surface area contributed by atoms with E-state index in [9.17, 15) is 14.9 Å². The summed E-state index contributed by atoms with van der Waals surface area (Å²) in [5.74, 6) is -0.417. The number of nitrogens with one attached hydrogen (secondary N) is 1. The largest absolute Gasteiger partial charge is 0.383 e. The zero-order valence-corrected chi connectivity index (χ0v) is 13.4. The minimum absolute atomic E-state index is 0.0524. The van der Waals surface area contributed by atoms with Crippen molar-refractivity contribution in [1.82, 2.24) is 0 Å². The Morgan fingerprint density at radius 2 is 2.08 bits per heavy atom. The lowest BCUT2D eigenvalue weighted by Crippen LogP contribution is -2.26. The Labute approximate surface area is 143 Å². The normalized spacial score (nSPS) is 11.9. The molecule has 0 heterocycles. The number of rotatable bonds is 6. The highest BCUT2D eigenvalue weighted by molar-refractivity contribution is 6.33. The number of amides is 1. The van der Waals surface area contributed by atoms with Crippen LogP contribution in [0.25, 0.3) is 0 Å².